The second kappa shape index (κ2) is 36.7. The van der Waals surface area contributed by atoms with Crippen molar-refractivity contribution in [2.45, 2.75) is 133 Å². The van der Waals surface area contributed by atoms with Gasteiger partial charge in [0.25, 0.3) is 0 Å². The first-order chi connectivity index (χ1) is 40.7. The number of aliphatic carboxylic acids is 1. The first kappa shape index (κ1) is 71.4. The summed E-state index contributed by atoms with van der Waals surface area (Å²) in [5.41, 5.74) is 29.3. The third kappa shape index (κ3) is 26.3. The molecule has 0 bridgehead atoms. The van der Waals surface area contributed by atoms with Gasteiger partial charge in [-0.3, -0.25) is 48.3 Å². The molecule has 30 heteroatoms. The molecule has 0 saturated carbocycles. The molecule has 0 fully saturated rings. The Morgan fingerprint density at radius 2 is 0.791 bits per heavy atom. The van der Waals surface area contributed by atoms with Crippen LogP contribution in [0.3, 0.4) is 0 Å². The van der Waals surface area contributed by atoms with E-state index in [1.54, 1.807) is 6.26 Å². The van der Waals surface area contributed by atoms with E-state index in [9.17, 15) is 68.7 Å². The van der Waals surface area contributed by atoms with Gasteiger partial charge in [0.2, 0.25) is 47.3 Å². The molecule has 3 rings (SSSR count). The number of benzene rings is 3. The number of carbonyl (C=O) groups excluding carboxylic acids is 8. The quantitative estimate of drug-likeness (QED) is 0.0156. The van der Waals surface area contributed by atoms with Gasteiger partial charge in [0.15, 0.2) is 11.9 Å². The Hall–Kier alpha value is -8.90. The Labute approximate surface area is 502 Å². The summed E-state index contributed by atoms with van der Waals surface area (Å²) >= 11 is 1.32. The number of phenols is 3. The minimum atomic E-state index is -1.54. The number of thioether (sulfide) groups is 1. The molecule has 0 saturated heterocycles. The third-order valence-corrected chi connectivity index (χ3v) is 13.7. The Morgan fingerprint density at radius 1 is 0.465 bits per heavy atom. The van der Waals surface area contributed by atoms with Crippen LogP contribution in [0.4, 0.5) is 0 Å². The fraction of sp³-hybridized carbons (Fsp3) is 0.482. The average molecular weight is 1220 g/mol. The Kier molecular flexibility index (Phi) is 30.5. The van der Waals surface area contributed by atoms with Gasteiger partial charge in [-0.15, -0.1) is 0 Å². The van der Waals surface area contributed by atoms with E-state index >= 15 is 0 Å². The second-order valence-corrected chi connectivity index (χ2v) is 21.7. The van der Waals surface area contributed by atoms with E-state index in [-0.39, 0.29) is 106 Å². The van der Waals surface area contributed by atoms with Crippen molar-refractivity contribution in [1.82, 2.24) is 42.5 Å². The van der Waals surface area contributed by atoms with Crippen LogP contribution >= 0.6 is 11.8 Å². The van der Waals surface area contributed by atoms with Gasteiger partial charge in [-0.1, -0.05) is 50.2 Å². The molecule has 86 heavy (non-hydrogen) atoms. The topological polar surface area (TPSA) is 506 Å². The maximum absolute atomic E-state index is 14.6. The van der Waals surface area contributed by atoms with Crippen LogP contribution in [0.2, 0.25) is 0 Å². The van der Waals surface area contributed by atoms with Crippen LogP contribution in [-0.2, 0) is 62.4 Å². The van der Waals surface area contributed by atoms with Crippen molar-refractivity contribution in [2.75, 3.05) is 31.7 Å². The lowest BCUT2D eigenvalue weighted by molar-refractivity contribution is -0.142. The van der Waals surface area contributed by atoms with Crippen LogP contribution in [0.15, 0.2) is 82.8 Å². The normalized spacial score (nSPS) is 14.1. The molecule has 8 amide bonds. The molecule has 0 spiro atoms. The second-order valence-electron chi connectivity index (χ2n) is 20.7. The summed E-state index contributed by atoms with van der Waals surface area (Å²) < 4.78 is 0. The number of carboxylic acids is 1. The number of amides is 8. The number of carboxylic acid groups (broad SMARTS) is 1. The van der Waals surface area contributed by atoms with Gasteiger partial charge in [0.05, 0.1) is 12.6 Å². The summed E-state index contributed by atoms with van der Waals surface area (Å²) in [7, 11) is 0. The number of aliphatic imine (C=N–C) groups is 2. The summed E-state index contributed by atoms with van der Waals surface area (Å²) in [6.45, 7) is 4.17. The van der Waals surface area contributed by atoms with Crippen LogP contribution < -0.4 is 71.2 Å². The highest BCUT2D eigenvalue weighted by Crippen LogP contribution is 2.17. The van der Waals surface area contributed by atoms with Crippen molar-refractivity contribution in [3.8, 4) is 17.2 Å². The number of rotatable bonds is 37. The Bertz CT molecular complexity index is 2780. The number of nitrogens with zero attached hydrogens (tertiary/aromatic N) is 2. The maximum atomic E-state index is 14.6. The number of carbonyl (C=O) groups is 9. The monoisotopic (exact) mass is 1220 g/mol. The zero-order chi connectivity index (χ0) is 64.0. The van der Waals surface area contributed by atoms with Crippen LogP contribution in [0.5, 0.6) is 17.2 Å². The molecule has 0 radical (unpaired) electrons. The molecule has 0 aliphatic carbocycles. The van der Waals surface area contributed by atoms with Crippen molar-refractivity contribution >= 4 is 76.9 Å². The highest BCUT2D eigenvalue weighted by molar-refractivity contribution is 7.98. The van der Waals surface area contributed by atoms with Crippen molar-refractivity contribution in [3.05, 3.63) is 89.5 Å². The number of hydrogen-bond acceptors (Lipinski definition) is 17. The lowest BCUT2D eigenvalue weighted by Crippen LogP contribution is -2.60. The summed E-state index contributed by atoms with van der Waals surface area (Å²) in [4.78, 5) is 132. The van der Waals surface area contributed by atoms with E-state index in [1.165, 1.54) is 91.5 Å². The largest absolute Gasteiger partial charge is 0.508 e. The highest BCUT2D eigenvalue weighted by Gasteiger charge is 2.35. The highest BCUT2D eigenvalue weighted by atomic mass is 32.2. The third-order valence-electron chi connectivity index (χ3n) is 13.0. The minimum Gasteiger partial charge on any atom is -0.508 e. The molecular weight excluding hydrogens is 1140 g/mol. The molecule has 3 aromatic carbocycles. The van der Waals surface area contributed by atoms with Gasteiger partial charge in [-0.05, 0) is 116 Å². The SMILES string of the molecule is CSCC[C@H](NC(=O)[C@H](C)NC(=O)[C@H](CCCN=C(N)N)NC(=O)[C@H](CO)NC(=O)[C@@H](N)CC(C)C)C(=O)N[C@@H](CCCN=C(N)N)C(=O)N[C@@H](Cc1ccc(O)cc1)C(=O)N[C@@H](Cc1ccc(O)cc1)C(=O)N[C@@H](Cc1ccc(O)cc1)C(=O)O. The molecule has 0 aliphatic heterocycles. The van der Waals surface area contributed by atoms with Crippen LogP contribution in [0.1, 0.15) is 76.0 Å². The van der Waals surface area contributed by atoms with E-state index < -0.39 is 114 Å². The number of aromatic hydroxyl groups is 3. The first-order valence-electron chi connectivity index (χ1n) is 27.7. The van der Waals surface area contributed by atoms with Gasteiger partial charge >= 0.3 is 5.97 Å². The predicted molar refractivity (Wildman–Crippen MR) is 322 cm³/mol. The number of aliphatic hydroxyl groups is 1. The van der Waals surface area contributed by atoms with Gasteiger partial charge in [-0.2, -0.15) is 11.8 Å². The number of nitrogens with one attached hydrogen (secondary N) is 8. The molecule has 0 aliphatic rings. The molecule has 0 unspecified atom stereocenters. The summed E-state index contributed by atoms with van der Waals surface area (Å²) in [6.07, 6.45) is 1.29. The lowest BCUT2D eigenvalue weighted by Gasteiger charge is -2.28. The number of guanidine groups is 2. The smallest absolute Gasteiger partial charge is 0.326 e. The zero-order valence-electron chi connectivity index (χ0n) is 48.5. The summed E-state index contributed by atoms with van der Waals surface area (Å²) in [5.74, 6) is -8.92. The van der Waals surface area contributed by atoms with E-state index in [0.717, 1.165) is 0 Å². The van der Waals surface area contributed by atoms with Gasteiger partial charge in [0.1, 0.15) is 65.6 Å². The van der Waals surface area contributed by atoms with Crippen LogP contribution in [0.25, 0.3) is 0 Å². The number of nitrogens with two attached hydrogens (primary N) is 5. The standard InChI is InChI=1S/C56H83N15O14S/c1-30(2)25-38(57)47(77)71-45(29-72)53(83)67-39(7-5-22-62-55(58)59)48(78)64-31(3)46(76)65-41(21-24-86-4)50(80)66-40(8-6-23-63-56(60)61)49(79)68-42(26-32-9-15-35(73)16-10-32)51(81)69-43(27-33-11-17-36(74)18-12-33)52(82)70-44(54(84)85)28-34-13-19-37(75)20-14-34/h9-20,30-31,38-45,72-75H,5-8,21-29,57H2,1-4H3,(H,64,78)(H,65,76)(H,66,80)(H,67,83)(H,68,79)(H,69,81)(H,70,82)(H,71,77)(H,84,85)(H4,58,59,62)(H4,60,61,63)/t31-,38-,39-,40-,41-,42-,43-,44-,45-/m0/s1. The number of hydrogen-bond donors (Lipinski definition) is 18. The van der Waals surface area contributed by atoms with E-state index in [0.29, 0.717) is 22.4 Å². The van der Waals surface area contributed by atoms with Crippen molar-refractivity contribution in [2.24, 2.45) is 44.6 Å². The molecule has 0 aromatic heterocycles. The molecule has 0 heterocycles. The fourth-order valence-electron chi connectivity index (χ4n) is 8.40. The Morgan fingerprint density at radius 3 is 1.16 bits per heavy atom. The minimum absolute atomic E-state index is 0.00560. The van der Waals surface area contributed by atoms with Crippen molar-refractivity contribution in [1.29, 1.82) is 0 Å². The van der Waals surface area contributed by atoms with Gasteiger partial charge in [0, 0.05) is 32.4 Å². The van der Waals surface area contributed by atoms with Crippen LogP contribution in [0, 0.1) is 5.92 Å². The molecule has 23 N–H and O–H groups in total. The lowest BCUT2D eigenvalue weighted by atomic mass is 10.0. The predicted octanol–water partition coefficient (Wildman–Crippen LogP) is -2.96. The summed E-state index contributed by atoms with van der Waals surface area (Å²) in [6, 6.07) is 4.29. The molecule has 29 nitrogen and oxygen atoms in total. The summed E-state index contributed by atoms with van der Waals surface area (Å²) in [5, 5.41) is 70.5. The van der Waals surface area contributed by atoms with E-state index in [1.807, 2.05) is 13.8 Å². The van der Waals surface area contributed by atoms with Gasteiger partial charge < -0.3 is 96.7 Å². The fourth-order valence-corrected chi connectivity index (χ4v) is 8.87. The van der Waals surface area contributed by atoms with Gasteiger partial charge in [-0.25, -0.2) is 4.79 Å². The van der Waals surface area contributed by atoms with Crippen molar-refractivity contribution < 1.29 is 68.7 Å². The first-order valence-corrected chi connectivity index (χ1v) is 29.0. The van der Waals surface area contributed by atoms with Crippen LogP contribution in [-0.4, -0.2) is 177 Å². The molecule has 3 aromatic rings. The van der Waals surface area contributed by atoms with E-state index in [4.69, 9.17) is 28.7 Å². The average Bonchev–Trinajstić information content (AvgIpc) is 3.20. The van der Waals surface area contributed by atoms with Crippen molar-refractivity contribution in [3.63, 3.8) is 0 Å². The number of phenolic OH excluding ortho intramolecular Hbond substituents is 3. The molecular formula is C56H83N15O14S. The van der Waals surface area contributed by atoms with E-state index in [2.05, 4.69) is 52.5 Å². The molecule has 472 valence electrons. The zero-order valence-corrected chi connectivity index (χ0v) is 49.3. The Balaban J connectivity index is 1.95. The molecule has 9 atom stereocenters. The maximum Gasteiger partial charge on any atom is 0.326 e. The number of aliphatic hydroxyl groups excluding tert-OH is 1.